The Balaban J connectivity index is 1.59. The molecule has 1 unspecified atom stereocenters. The third-order valence-electron chi connectivity index (χ3n) is 8.40. The van der Waals surface area contributed by atoms with Crippen LogP contribution in [0.3, 0.4) is 0 Å². The molecule has 1 atom stereocenters. The number of alkyl halides is 6. The quantitative estimate of drug-likeness (QED) is 0.144. The Labute approximate surface area is 272 Å². The van der Waals surface area contributed by atoms with Crippen LogP contribution in [-0.4, -0.2) is 55.0 Å². The number of carbonyl (C=O) groups is 1. The van der Waals surface area contributed by atoms with Crippen LogP contribution < -0.4 is 0 Å². The number of halogens is 9. The molecular formula is C31H24F9N3O5S. The molecule has 18 heteroatoms. The summed E-state index contributed by atoms with van der Waals surface area (Å²) in [6, 6.07) is 7.80. The lowest BCUT2D eigenvalue weighted by Gasteiger charge is -2.38. The van der Waals surface area contributed by atoms with Gasteiger partial charge in [-0.3, -0.25) is 4.79 Å². The molecule has 1 saturated heterocycles. The summed E-state index contributed by atoms with van der Waals surface area (Å²) in [5, 5.41) is 7.19. The predicted octanol–water partition coefficient (Wildman–Crippen LogP) is 6.48. The van der Waals surface area contributed by atoms with Gasteiger partial charge >= 0.3 is 12.4 Å². The zero-order valence-electron chi connectivity index (χ0n) is 25.1. The molecule has 0 aliphatic carbocycles. The average molecular weight is 722 g/mol. The summed E-state index contributed by atoms with van der Waals surface area (Å²) in [4.78, 5) is 13.9. The highest BCUT2D eigenvalue weighted by molar-refractivity contribution is 7.92. The molecule has 0 radical (unpaired) electrons. The Morgan fingerprint density at radius 1 is 0.898 bits per heavy atom. The minimum atomic E-state index is -6.24. The first-order valence-electron chi connectivity index (χ1n) is 14.2. The zero-order chi connectivity index (χ0) is 36.0. The highest BCUT2D eigenvalue weighted by Crippen LogP contribution is 2.54. The number of hydrogen-bond donors (Lipinski definition) is 0. The summed E-state index contributed by atoms with van der Waals surface area (Å²) < 4.78 is 164. The van der Waals surface area contributed by atoms with Crippen molar-refractivity contribution in [2.24, 2.45) is 0 Å². The lowest BCUT2D eigenvalue weighted by molar-refractivity contribution is -0.392. The lowest BCUT2D eigenvalue weighted by Crippen LogP contribution is -2.56. The largest absolute Gasteiger partial charge is 0.430 e. The Hall–Kier alpha value is -4.45. The Kier molecular flexibility index (Phi) is 9.35. The Morgan fingerprint density at radius 3 is 2.02 bits per heavy atom. The van der Waals surface area contributed by atoms with Crippen LogP contribution in [-0.2, 0) is 42.7 Å². The molecule has 0 saturated carbocycles. The molecule has 1 aliphatic heterocycles. The monoisotopic (exact) mass is 721 g/mol. The van der Waals surface area contributed by atoms with Crippen LogP contribution in [0.15, 0.2) is 76.3 Å². The molecule has 262 valence electrons. The molecule has 2 heterocycles. The van der Waals surface area contributed by atoms with Gasteiger partial charge in [-0.2, -0.15) is 26.3 Å². The highest BCUT2D eigenvalue weighted by atomic mass is 32.2. The third-order valence-corrected chi connectivity index (χ3v) is 10.9. The fraction of sp³-hybridized carbons (Fsp3) is 0.323. The molecule has 8 nitrogen and oxygen atoms in total. The van der Waals surface area contributed by atoms with Gasteiger partial charge in [0.05, 0.1) is 17.9 Å². The zero-order valence-corrected chi connectivity index (χ0v) is 25.9. The van der Waals surface area contributed by atoms with Gasteiger partial charge in [-0.15, -0.1) is 0 Å². The van der Waals surface area contributed by atoms with Crippen molar-refractivity contribution in [1.82, 2.24) is 15.2 Å². The maximum atomic E-state index is 14.5. The maximum absolute atomic E-state index is 14.5. The van der Waals surface area contributed by atoms with Gasteiger partial charge in [-0.1, -0.05) is 40.6 Å². The number of aromatic nitrogens is 2. The van der Waals surface area contributed by atoms with Gasteiger partial charge in [0.2, 0.25) is 5.91 Å². The van der Waals surface area contributed by atoms with E-state index < -0.39 is 85.1 Å². The number of rotatable bonds is 9. The second-order valence-electron chi connectivity index (χ2n) is 11.2. The molecule has 1 aliphatic rings. The number of hydrogen-bond acceptors (Lipinski definition) is 7. The summed E-state index contributed by atoms with van der Waals surface area (Å²) in [5.41, 5.74) is -7.73. The first-order valence-corrected chi connectivity index (χ1v) is 15.7. The number of aryl methyl sites for hydroxylation is 1. The number of nitrogens with zero attached hydrogens (tertiary/aromatic N) is 3. The van der Waals surface area contributed by atoms with Gasteiger partial charge in [0.15, 0.2) is 9.84 Å². The Morgan fingerprint density at radius 2 is 1.49 bits per heavy atom. The predicted molar refractivity (Wildman–Crippen MR) is 151 cm³/mol. The van der Waals surface area contributed by atoms with E-state index in [0.717, 1.165) is 47.4 Å². The minimum Gasteiger partial charge on any atom is -0.349 e. The van der Waals surface area contributed by atoms with Crippen LogP contribution in [0.4, 0.5) is 39.5 Å². The summed E-state index contributed by atoms with van der Waals surface area (Å²) in [5.74, 6) is -4.31. The van der Waals surface area contributed by atoms with Crippen molar-refractivity contribution in [3.05, 3.63) is 112 Å². The summed E-state index contributed by atoms with van der Waals surface area (Å²) in [6.07, 6.45) is -13.2. The number of benzene rings is 3. The van der Waals surface area contributed by atoms with E-state index in [1.807, 2.05) is 0 Å². The Bertz CT molecular complexity index is 1910. The van der Waals surface area contributed by atoms with Crippen molar-refractivity contribution in [3.63, 3.8) is 0 Å². The second-order valence-corrected chi connectivity index (χ2v) is 13.5. The van der Waals surface area contributed by atoms with Crippen molar-refractivity contribution in [3.8, 4) is 0 Å². The standard InChI is InChI=1S/C31H24F9N3O5S/c1-18-26(42-48-41-18)15-27(44)43-14-13-28(17-43,49(45,46)22-11-9-21(32)10-12-22)19-5-7-20(8-6-19)29(30(35,36)37,31(38,39)40)47-16-23-24(33)3-2-4-25(23)34/h2-12H,13-17H2,1H3. The summed E-state index contributed by atoms with van der Waals surface area (Å²) in [7, 11) is -4.63. The summed E-state index contributed by atoms with van der Waals surface area (Å²) >= 11 is 0. The van der Waals surface area contributed by atoms with E-state index in [1.165, 1.54) is 6.92 Å². The fourth-order valence-corrected chi connectivity index (χ4v) is 7.78. The molecular weight excluding hydrogens is 697 g/mol. The van der Waals surface area contributed by atoms with Crippen molar-refractivity contribution in [2.45, 2.75) is 54.0 Å². The van der Waals surface area contributed by atoms with Crippen LogP contribution >= 0.6 is 0 Å². The highest BCUT2D eigenvalue weighted by Gasteiger charge is 2.73. The third kappa shape index (κ3) is 6.26. The van der Waals surface area contributed by atoms with Gasteiger partial charge in [0, 0.05) is 24.2 Å². The topological polar surface area (TPSA) is 103 Å². The van der Waals surface area contributed by atoms with Crippen molar-refractivity contribution in [1.29, 1.82) is 0 Å². The molecule has 49 heavy (non-hydrogen) atoms. The molecule has 4 aromatic rings. The first-order chi connectivity index (χ1) is 22.8. The van der Waals surface area contributed by atoms with Gasteiger partial charge in [-0.05, 0) is 55.3 Å². The van der Waals surface area contributed by atoms with E-state index >= 15 is 0 Å². The molecule has 0 bridgehead atoms. The number of amides is 1. The van der Waals surface area contributed by atoms with Crippen molar-refractivity contribution in [2.75, 3.05) is 13.1 Å². The number of ether oxygens (including phenoxy) is 1. The molecule has 1 amide bonds. The normalized spacial score (nSPS) is 17.5. The van der Waals surface area contributed by atoms with Crippen molar-refractivity contribution >= 4 is 15.7 Å². The van der Waals surface area contributed by atoms with Gasteiger partial charge < -0.3 is 9.64 Å². The lowest BCUT2D eigenvalue weighted by atomic mass is 9.88. The van der Waals surface area contributed by atoms with E-state index in [-0.39, 0.29) is 36.3 Å². The van der Waals surface area contributed by atoms with Crippen LogP contribution in [0.1, 0.15) is 34.5 Å². The van der Waals surface area contributed by atoms with E-state index in [0.29, 0.717) is 24.3 Å². The van der Waals surface area contributed by atoms with Gasteiger partial charge in [-0.25, -0.2) is 26.2 Å². The summed E-state index contributed by atoms with van der Waals surface area (Å²) in [6.45, 7) is -1.08. The van der Waals surface area contributed by atoms with Gasteiger partial charge in [0.25, 0.3) is 5.60 Å². The van der Waals surface area contributed by atoms with Crippen LogP contribution in [0.2, 0.25) is 0 Å². The van der Waals surface area contributed by atoms with Crippen LogP contribution in [0.25, 0.3) is 0 Å². The number of sulfone groups is 1. The number of carbonyl (C=O) groups excluding carboxylic acids is 1. The van der Waals surface area contributed by atoms with Crippen LogP contribution in [0, 0.1) is 24.4 Å². The minimum absolute atomic E-state index is 0.152. The molecule has 0 spiro atoms. The van der Waals surface area contributed by atoms with E-state index in [1.54, 1.807) is 0 Å². The van der Waals surface area contributed by atoms with E-state index in [4.69, 9.17) is 0 Å². The molecule has 5 rings (SSSR count). The number of likely N-dealkylation sites (tertiary alicyclic amines) is 1. The average Bonchev–Trinajstić information content (AvgIpc) is 3.65. The first kappa shape index (κ1) is 35.8. The van der Waals surface area contributed by atoms with Crippen molar-refractivity contribution < 1.29 is 62.1 Å². The maximum Gasteiger partial charge on any atom is 0.430 e. The molecule has 1 fully saturated rings. The fourth-order valence-electron chi connectivity index (χ4n) is 5.70. The molecule has 3 aromatic carbocycles. The molecule has 1 aromatic heterocycles. The van der Waals surface area contributed by atoms with Crippen LogP contribution in [0.5, 0.6) is 0 Å². The molecule has 0 N–H and O–H groups in total. The van der Waals surface area contributed by atoms with E-state index in [9.17, 15) is 52.7 Å². The SMILES string of the molecule is Cc1nonc1CC(=O)N1CCC(c2ccc(C(OCc3c(F)cccc3F)(C(F)(F)F)C(F)(F)F)cc2)(S(=O)(=O)c2ccc(F)cc2)C1. The smallest absolute Gasteiger partial charge is 0.349 e. The van der Waals surface area contributed by atoms with Gasteiger partial charge in [0.1, 0.15) is 33.6 Å². The second kappa shape index (κ2) is 12.8. The van der Waals surface area contributed by atoms with E-state index in [2.05, 4.69) is 19.7 Å².